The standard InChI is InChI=1S/C22H22N4O3S/c1-3-22(21(27)28)5-4-14-17(8-22)30-20-18(14)19(24-11-25-20)26-15-6-12-9-23-10-13(12)7-16(15)29-2/h6-7,9,11H,3-5,8,10H2,1-2H3,(H,27,28)(H,24,25,26)/t22-/m0/s1. The predicted molar refractivity (Wildman–Crippen MR) is 117 cm³/mol. The average Bonchev–Trinajstić information content (AvgIpc) is 3.36. The first-order chi connectivity index (χ1) is 14.5. The molecular formula is C22H22N4O3S. The molecule has 0 spiro atoms. The number of methoxy groups -OCH3 is 1. The first-order valence-corrected chi connectivity index (χ1v) is 10.8. The summed E-state index contributed by atoms with van der Waals surface area (Å²) < 4.78 is 5.59. The smallest absolute Gasteiger partial charge is 0.309 e. The molecule has 0 radical (unpaired) electrons. The van der Waals surface area contributed by atoms with Crippen LogP contribution in [0.25, 0.3) is 10.2 Å². The van der Waals surface area contributed by atoms with E-state index < -0.39 is 11.4 Å². The minimum atomic E-state index is -0.706. The van der Waals surface area contributed by atoms with Gasteiger partial charge in [0, 0.05) is 11.1 Å². The Hall–Kier alpha value is -3.00. The topological polar surface area (TPSA) is 96.7 Å². The van der Waals surface area contributed by atoms with Crippen LogP contribution in [0.1, 0.15) is 41.3 Å². The number of fused-ring (bicyclic) bond motifs is 4. The van der Waals surface area contributed by atoms with Crippen LogP contribution in [0.2, 0.25) is 0 Å². The zero-order chi connectivity index (χ0) is 20.9. The zero-order valence-electron chi connectivity index (χ0n) is 16.9. The van der Waals surface area contributed by atoms with Crippen LogP contribution >= 0.6 is 11.3 Å². The van der Waals surface area contributed by atoms with Crippen molar-refractivity contribution in [3.8, 4) is 5.75 Å². The van der Waals surface area contributed by atoms with Crippen molar-refractivity contribution in [3.05, 3.63) is 40.0 Å². The van der Waals surface area contributed by atoms with Crippen molar-refractivity contribution in [2.75, 3.05) is 12.4 Å². The number of hydrogen-bond donors (Lipinski definition) is 2. The zero-order valence-corrected chi connectivity index (χ0v) is 17.7. The Bertz CT molecular complexity index is 1200. The summed E-state index contributed by atoms with van der Waals surface area (Å²) in [7, 11) is 1.65. The molecule has 2 aliphatic rings. The van der Waals surface area contributed by atoms with Gasteiger partial charge < -0.3 is 15.2 Å². The highest BCUT2D eigenvalue weighted by molar-refractivity contribution is 7.19. The summed E-state index contributed by atoms with van der Waals surface area (Å²) in [5.74, 6) is 0.762. The summed E-state index contributed by atoms with van der Waals surface area (Å²) in [5, 5.41) is 14.2. The molecule has 1 aliphatic heterocycles. The number of benzene rings is 1. The monoisotopic (exact) mass is 422 g/mol. The number of nitrogens with zero attached hydrogens (tertiary/aromatic N) is 3. The minimum absolute atomic E-state index is 0.549. The number of carboxylic acids is 1. The Balaban J connectivity index is 1.58. The van der Waals surface area contributed by atoms with Crippen molar-refractivity contribution in [2.24, 2.45) is 10.4 Å². The summed E-state index contributed by atoms with van der Waals surface area (Å²) in [6.45, 7) is 2.63. The molecule has 0 unspecified atom stereocenters. The number of aromatic nitrogens is 2. The minimum Gasteiger partial charge on any atom is -0.495 e. The molecular weight excluding hydrogens is 400 g/mol. The van der Waals surface area contributed by atoms with Crippen molar-refractivity contribution in [2.45, 2.75) is 39.2 Å². The van der Waals surface area contributed by atoms with Crippen molar-refractivity contribution in [3.63, 3.8) is 0 Å². The van der Waals surface area contributed by atoms with Gasteiger partial charge in [-0.05, 0) is 54.5 Å². The summed E-state index contributed by atoms with van der Waals surface area (Å²) in [6.07, 6.45) is 5.94. The van der Waals surface area contributed by atoms with E-state index in [0.717, 1.165) is 43.5 Å². The van der Waals surface area contributed by atoms with E-state index in [1.165, 1.54) is 5.56 Å². The maximum Gasteiger partial charge on any atom is 0.309 e. The number of anilines is 2. The molecule has 5 rings (SSSR count). The third-order valence-corrected chi connectivity index (χ3v) is 7.50. The van der Waals surface area contributed by atoms with Gasteiger partial charge in [-0.15, -0.1) is 11.3 Å². The van der Waals surface area contributed by atoms with Gasteiger partial charge >= 0.3 is 5.97 Å². The van der Waals surface area contributed by atoms with Crippen LogP contribution in [-0.2, 0) is 24.2 Å². The maximum atomic E-state index is 11.9. The number of aliphatic imine (C=N–C) groups is 1. The molecule has 8 heteroatoms. The molecule has 0 bridgehead atoms. The first-order valence-electron chi connectivity index (χ1n) is 10.0. The van der Waals surface area contributed by atoms with Crippen molar-refractivity contribution >= 4 is 45.2 Å². The van der Waals surface area contributed by atoms with E-state index in [9.17, 15) is 9.90 Å². The van der Waals surface area contributed by atoms with E-state index in [0.29, 0.717) is 32.2 Å². The van der Waals surface area contributed by atoms with Gasteiger partial charge in [-0.1, -0.05) is 6.92 Å². The van der Waals surface area contributed by atoms with E-state index in [2.05, 4.69) is 20.3 Å². The van der Waals surface area contributed by atoms with Gasteiger partial charge in [0.2, 0.25) is 0 Å². The second kappa shape index (κ2) is 7.05. The Labute approximate surface area is 177 Å². The number of nitrogens with one attached hydrogen (secondary N) is 1. The normalized spacial score (nSPS) is 19.5. The van der Waals surface area contributed by atoms with Gasteiger partial charge in [-0.2, -0.15) is 0 Å². The third kappa shape index (κ3) is 2.86. The molecule has 1 atom stereocenters. The summed E-state index contributed by atoms with van der Waals surface area (Å²) >= 11 is 1.58. The molecule has 30 heavy (non-hydrogen) atoms. The quantitative estimate of drug-likeness (QED) is 0.635. The number of thiophene rings is 1. The summed E-state index contributed by atoms with van der Waals surface area (Å²) in [4.78, 5) is 27.3. The predicted octanol–water partition coefficient (Wildman–Crippen LogP) is 4.35. The van der Waals surface area contributed by atoms with Gasteiger partial charge in [0.15, 0.2) is 0 Å². The highest BCUT2D eigenvalue weighted by Gasteiger charge is 2.41. The van der Waals surface area contributed by atoms with Crippen molar-refractivity contribution in [1.29, 1.82) is 0 Å². The molecule has 7 nitrogen and oxygen atoms in total. The lowest BCUT2D eigenvalue weighted by Crippen LogP contribution is -2.35. The van der Waals surface area contributed by atoms with E-state index in [1.807, 2.05) is 25.3 Å². The Morgan fingerprint density at radius 1 is 1.37 bits per heavy atom. The maximum absolute atomic E-state index is 11.9. The lowest BCUT2D eigenvalue weighted by atomic mass is 9.72. The molecule has 3 heterocycles. The highest BCUT2D eigenvalue weighted by Crippen LogP contribution is 2.46. The van der Waals surface area contributed by atoms with Crippen LogP contribution in [0.5, 0.6) is 5.75 Å². The van der Waals surface area contributed by atoms with E-state index in [4.69, 9.17) is 4.74 Å². The lowest BCUT2D eigenvalue weighted by molar-refractivity contribution is -0.149. The van der Waals surface area contributed by atoms with Crippen molar-refractivity contribution < 1.29 is 14.6 Å². The number of carbonyl (C=O) groups is 1. The number of rotatable bonds is 5. The number of carboxylic acid groups (broad SMARTS) is 1. The number of aryl methyl sites for hydroxylation is 1. The Kier molecular flexibility index (Phi) is 4.47. The SMILES string of the molecule is CC[C@]1(C(=O)O)CCc2c(sc3ncnc(Nc4cc5c(cc4OC)CN=C5)c23)C1. The molecule has 3 aromatic rings. The van der Waals surface area contributed by atoms with Gasteiger partial charge in [-0.3, -0.25) is 9.79 Å². The molecule has 1 aliphatic carbocycles. The highest BCUT2D eigenvalue weighted by atomic mass is 32.1. The summed E-state index contributed by atoms with van der Waals surface area (Å²) in [6, 6.07) is 4.04. The van der Waals surface area contributed by atoms with Crippen LogP contribution in [0, 0.1) is 5.41 Å². The van der Waals surface area contributed by atoms with Crippen molar-refractivity contribution in [1.82, 2.24) is 9.97 Å². The molecule has 0 saturated heterocycles. The van der Waals surface area contributed by atoms with Crippen LogP contribution in [0.3, 0.4) is 0 Å². The van der Waals surface area contributed by atoms with E-state index in [-0.39, 0.29) is 0 Å². The van der Waals surface area contributed by atoms with Gasteiger partial charge in [0.25, 0.3) is 0 Å². The number of hydrogen-bond acceptors (Lipinski definition) is 7. The number of ether oxygens (including phenoxy) is 1. The molecule has 2 N–H and O–H groups in total. The third-order valence-electron chi connectivity index (χ3n) is 6.36. The fourth-order valence-electron chi connectivity index (χ4n) is 4.47. The first kappa shape index (κ1) is 19.0. The van der Waals surface area contributed by atoms with Crippen LogP contribution in [-0.4, -0.2) is 34.4 Å². The largest absolute Gasteiger partial charge is 0.495 e. The molecule has 1 aromatic carbocycles. The van der Waals surface area contributed by atoms with E-state index in [1.54, 1.807) is 24.8 Å². The Morgan fingerprint density at radius 2 is 2.23 bits per heavy atom. The molecule has 0 saturated carbocycles. The van der Waals surface area contributed by atoms with Gasteiger partial charge in [0.05, 0.1) is 30.1 Å². The van der Waals surface area contributed by atoms with Crippen LogP contribution < -0.4 is 10.1 Å². The van der Waals surface area contributed by atoms with Gasteiger partial charge in [0.1, 0.15) is 22.7 Å². The molecule has 154 valence electrons. The summed E-state index contributed by atoms with van der Waals surface area (Å²) in [5.41, 5.74) is 3.53. The van der Waals surface area contributed by atoms with Crippen LogP contribution in [0.4, 0.5) is 11.5 Å². The number of aliphatic carboxylic acids is 1. The lowest BCUT2D eigenvalue weighted by Gasteiger charge is -2.32. The van der Waals surface area contributed by atoms with E-state index >= 15 is 0 Å². The van der Waals surface area contributed by atoms with Gasteiger partial charge in [-0.25, -0.2) is 9.97 Å². The van der Waals surface area contributed by atoms with Crippen LogP contribution in [0.15, 0.2) is 23.5 Å². The second-order valence-corrected chi connectivity index (χ2v) is 8.95. The molecule has 0 fully saturated rings. The fraction of sp³-hybridized carbons (Fsp3) is 0.364. The molecule has 0 amide bonds. The Morgan fingerprint density at radius 3 is 3.00 bits per heavy atom. The molecule has 2 aromatic heterocycles. The average molecular weight is 423 g/mol. The second-order valence-electron chi connectivity index (χ2n) is 7.87. The fourth-order valence-corrected chi connectivity index (χ4v) is 5.80.